The number of fused-ring (bicyclic) bond motifs is 1. The number of aromatic nitrogens is 2. The highest BCUT2D eigenvalue weighted by Gasteiger charge is 2.26. The molecule has 28 heavy (non-hydrogen) atoms. The number of carbonyl (C=O) groups is 1. The summed E-state index contributed by atoms with van der Waals surface area (Å²) in [7, 11) is 0. The normalized spacial score (nSPS) is 17.1. The summed E-state index contributed by atoms with van der Waals surface area (Å²) in [5.41, 5.74) is 1.43. The topological polar surface area (TPSA) is 67.2 Å². The van der Waals surface area contributed by atoms with Gasteiger partial charge in [0.2, 0.25) is 0 Å². The van der Waals surface area contributed by atoms with Crippen molar-refractivity contribution in [2.24, 2.45) is 0 Å². The summed E-state index contributed by atoms with van der Waals surface area (Å²) in [6.07, 6.45) is 0.907. The van der Waals surface area contributed by atoms with Gasteiger partial charge in [0.1, 0.15) is 0 Å². The van der Waals surface area contributed by atoms with E-state index in [0.717, 1.165) is 26.1 Å². The van der Waals surface area contributed by atoms with Gasteiger partial charge in [-0.15, -0.1) is 0 Å². The van der Waals surface area contributed by atoms with Crippen LogP contribution in [-0.4, -0.2) is 39.7 Å². The Morgan fingerprint density at radius 2 is 1.82 bits per heavy atom. The standard InChI is InChI=1S/C22H24N4O2/c1-2-26-22(28)19-11-7-6-10-18(19)20(24-26)21(27)23-17-12-13-25(15-17)14-16-8-4-3-5-9-16/h3-11,17H,2,12-15H2,1H3,(H,23,27). The Morgan fingerprint density at radius 3 is 2.57 bits per heavy atom. The van der Waals surface area contributed by atoms with E-state index in [0.29, 0.717) is 23.0 Å². The summed E-state index contributed by atoms with van der Waals surface area (Å²) in [5.74, 6) is -0.218. The molecule has 0 spiro atoms. The summed E-state index contributed by atoms with van der Waals surface area (Å²) >= 11 is 0. The minimum atomic E-state index is -0.218. The lowest BCUT2D eigenvalue weighted by Crippen LogP contribution is -2.38. The number of aryl methyl sites for hydroxylation is 1. The highest BCUT2D eigenvalue weighted by atomic mass is 16.2. The van der Waals surface area contributed by atoms with Crippen molar-refractivity contribution in [3.63, 3.8) is 0 Å². The van der Waals surface area contributed by atoms with Crippen molar-refractivity contribution in [3.8, 4) is 0 Å². The second kappa shape index (κ2) is 7.94. The van der Waals surface area contributed by atoms with Gasteiger partial charge in [-0.25, -0.2) is 4.68 Å². The number of nitrogens with one attached hydrogen (secondary N) is 1. The fourth-order valence-electron chi connectivity index (χ4n) is 3.81. The van der Waals surface area contributed by atoms with Crippen molar-refractivity contribution in [2.45, 2.75) is 32.5 Å². The van der Waals surface area contributed by atoms with E-state index in [4.69, 9.17) is 0 Å². The molecular weight excluding hydrogens is 352 g/mol. The third-order valence-electron chi connectivity index (χ3n) is 5.24. The SMILES string of the molecule is CCn1nc(C(=O)NC2CCN(Cc3ccccc3)C2)c2ccccc2c1=O. The van der Waals surface area contributed by atoms with E-state index in [9.17, 15) is 9.59 Å². The van der Waals surface area contributed by atoms with Crippen LogP contribution in [0, 0.1) is 0 Å². The highest BCUT2D eigenvalue weighted by molar-refractivity contribution is 6.04. The van der Waals surface area contributed by atoms with Crippen LogP contribution >= 0.6 is 0 Å². The fraction of sp³-hybridized carbons (Fsp3) is 0.318. The summed E-state index contributed by atoms with van der Waals surface area (Å²) in [6.45, 7) is 4.92. The van der Waals surface area contributed by atoms with Crippen molar-refractivity contribution >= 4 is 16.7 Å². The third kappa shape index (κ3) is 3.68. The lowest BCUT2D eigenvalue weighted by molar-refractivity contribution is 0.0932. The molecule has 4 rings (SSSR count). The average Bonchev–Trinajstić information content (AvgIpc) is 3.16. The Morgan fingerprint density at radius 1 is 1.11 bits per heavy atom. The van der Waals surface area contributed by atoms with Gasteiger partial charge < -0.3 is 5.32 Å². The fourth-order valence-corrected chi connectivity index (χ4v) is 3.81. The zero-order chi connectivity index (χ0) is 19.5. The van der Waals surface area contributed by atoms with Crippen LogP contribution < -0.4 is 10.9 Å². The predicted octanol–water partition coefficient (Wildman–Crippen LogP) is 2.42. The van der Waals surface area contributed by atoms with Crippen LogP contribution in [0.3, 0.4) is 0 Å². The second-order valence-corrected chi connectivity index (χ2v) is 7.19. The number of benzene rings is 2. The number of nitrogens with zero attached hydrogens (tertiary/aromatic N) is 3. The number of amides is 1. The summed E-state index contributed by atoms with van der Waals surface area (Å²) in [4.78, 5) is 27.8. The van der Waals surface area contributed by atoms with E-state index < -0.39 is 0 Å². The van der Waals surface area contributed by atoms with Gasteiger partial charge in [0.25, 0.3) is 11.5 Å². The molecule has 1 atom stereocenters. The monoisotopic (exact) mass is 376 g/mol. The van der Waals surface area contributed by atoms with Crippen molar-refractivity contribution in [1.29, 1.82) is 0 Å². The summed E-state index contributed by atoms with van der Waals surface area (Å²) in [6, 6.07) is 17.6. The maximum atomic E-state index is 13.0. The quantitative estimate of drug-likeness (QED) is 0.743. The molecule has 2 aromatic carbocycles. The molecular formula is C22H24N4O2. The molecule has 2 heterocycles. The molecule has 1 saturated heterocycles. The molecule has 0 bridgehead atoms. The molecule has 6 heteroatoms. The maximum absolute atomic E-state index is 13.0. The van der Waals surface area contributed by atoms with Crippen LogP contribution in [0.25, 0.3) is 10.8 Å². The predicted molar refractivity (Wildman–Crippen MR) is 109 cm³/mol. The van der Waals surface area contributed by atoms with Crippen LogP contribution in [-0.2, 0) is 13.1 Å². The average molecular weight is 376 g/mol. The van der Waals surface area contributed by atoms with Gasteiger partial charge in [-0.1, -0.05) is 48.5 Å². The van der Waals surface area contributed by atoms with E-state index in [2.05, 4.69) is 27.4 Å². The van der Waals surface area contributed by atoms with Gasteiger partial charge in [0, 0.05) is 37.6 Å². The van der Waals surface area contributed by atoms with Crippen LogP contribution in [0.15, 0.2) is 59.4 Å². The van der Waals surface area contributed by atoms with Gasteiger partial charge in [0.05, 0.1) is 5.39 Å². The van der Waals surface area contributed by atoms with Crippen LogP contribution in [0.1, 0.15) is 29.4 Å². The molecule has 1 aliphatic rings. The van der Waals surface area contributed by atoms with E-state index in [1.165, 1.54) is 10.2 Å². The Bertz CT molecular complexity index is 1050. The van der Waals surface area contributed by atoms with Crippen LogP contribution in [0.2, 0.25) is 0 Å². The molecule has 1 N–H and O–H groups in total. The molecule has 1 aromatic heterocycles. The molecule has 1 amide bonds. The van der Waals surface area contributed by atoms with E-state index >= 15 is 0 Å². The summed E-state index contributed by atoms with van der Waals surface area (Å²) < 4.78 is 1.35. The van der Waals surface area contributed by atoms with Gasteiger partial charge in [-0.05, 0) is 25.0 Å². The number of likely N-dealkylation sites (tertiary alicyclic amines) is 1. The molecule has 3 aromatic rings. The Labute approximate surface area is 163 Å². The lowest BCUT2D eigenvalue weighted by Gasteiger charge is -2.17. The largest absolute Gasteiger partial charge is 0.347 e. The Balaban J connectivity index is 1.50. The Hall–Kier alpha value is -2.99. The first-order valence-corrected chi connectivity index (χ1v) is 9.72. The van der Waals surface area contributed by atoms with Crippen LogP contribution in [0.5, 0.6) is 0 Å². The van der Waals surface area contributed by atoms with Gasteiger partial charge in [-0.3, -0.25) is 14.5 Å². The number of carbonyl (C=O) groups excluding carboxylic acids is 1. The molecule has 0 radical (unpaired) electrons. The minimum Gasteiger partial charge on any atom is -0.347 e. The minimum absolute atomic E-state index is 0.0822. The number of rotatable bonds is 5. The molecule has 1 aliphatic heterocycles. The van der Waals surface area contributed by atoms with Crippen LogP contribution in [0.4, 0.5) is 0 Å². The molecule has 6 nitrogen and oxygen atoms in total. The van der Waals surface area contributed by atoms with E-state index in [-0.39, 0.29) is 17.5 Å². The van der Waals surface area contributed by atoms with Crippen molar-refractivity contribution in [2.75, 3.05) is 13.1 Å². The third-order valence-corrected chi connectivity index (χ3v) is 5.24. The first-order chi connectivity index (χ1) is 13.7. The van der Waals surface area contributed by atoms with Gasteiger partial charge >= 0.3 is 0 Å². The zero-order valence-electron chi connectivity index (χ0n) is 16.0. The van der Waals surface area contributed by atoms with E-state index in [1.54, 1.807) is 12.1 Å². The maximum Gasteiger partial charge on any atom is 0.274 e. The smallest absolute Gasteiger partial charge is 0.274 e. The first kappa shape index (κ1) is 18.4. The van der Waals surface area contributed by atoms with Crippen molar-refractivity contribution in [3.05, 3.63) is 76.2 Å². The number of hydrogen-bond donors (Lipinski definition) is 1. The number of hydrogen-bond acceptors (Lipinski definition) is 4. The second-order valence-electron chi connectivity index (χ2n) is 7.19. The zero-order valence-corrected chi connectivity index (χ0v) is 16.0. The molecule has 1 unspecified atom stereocenters. The lowest BCUT2D eigenvalue weighted by atomic mass is 10.1. The molecule has 1 fully saturated rings. The Kier molecular flexibility index (Phi) is 5.21. The molecule has 0 aliphatic carbocycles. The molecule has 0 saturated carbocycles. The van der Waals surface area contributed by atoms with Gasteiger partial charge in [-0.2, -0.15) is 5.10 Å². The first-order valence-electron chi connectivity index (χ1n) is 9.72. The van der Waals surface area contributed by atoms with E-state index in [1.807, 2.05) is 37.3 Å². The highest BCUT2D eigenvalue weighted by Crippen LogP contribution is 2.16. The van der Waals surface area contributed by atoms with Gasteiger partial charge in [0.15, 0.2) is 5.69 Å². The van der Waals surface area contributed by atoms with Crippen molar-refractivity contribution in [1.82, 2.24) is 20.0 Å². The summed E-state index contributed by atoms with van der Waals surface area (Å²) in [5, 5.41) is 8.58. The molecule has 144 valence electrons. The van der Waals surface area contributed by atoms with Crippen molar-refractivity contribution < 1.29 is 4.79 Å².